The highest BCUT2D eigenvalue weighted by Crippen LogP contribution is 2.38. The van der Waals surface area contributed by atoms with Gasteiger partial charge in [-0.3, -0.25) is 24.0 Å². The molecule has 8 nitrogen and oxygen atoms in total. The number of H-pyrrole nitrogens is 1. The monoisotopic (exact) mass is 453 g/mol. The Morgan fingerprint density at radius 2 is 1.97 bits per heavy atom. The second-order valence-corrected chi connectivity index (χ2v) is 9.64. The Kier molecular flexibility index (Phi) is 5.87. The van der Waals surface area contributed by atoms with Crippen molar-refractivity contribution in [2.24, 2.45) is 13.0 Å². The Morgan fingerprint density at radius 3 is 2.59 bits per heavy atom. The molecule has 0 saturated heterocycles. The average Bonchev–Trinajstić information content (AvgIpc) is 3.30. The Bertz CT molecular complexity index is 1400. The number of pyridine rings is 1. The molecule has 2 N–H and O–H groups in total. The zero-order chi connectivity index (χ0) is 23.2. The predicted molar refractivity (Wildman–Crippen MR) is 126 cm³/mol. The predicted octanol–water partition coefficient (Wildman–Crippen LogP) is 2.90. The van der Waals surface area contributed by atoms with Crippen molar-refractivity contribution in [2.75, 3.05) is 0 Å². The molecule has 4 aromatic rings. The third-order valence-electron chi connectivity index (χ3n) is 5.68. The molecule has 0 spiro atoms. The summed E-state index contributed by atoms with van der Waals surface area (Å²) in [7, 11) is 1.52. The van der Waals surface area contributed by atoms with Gasteiger partial charge in [-0.25, -0.2) is 4.79 Å². The lowest BCUT2D eigenvalue weighted by molar-refractivity contribution is 0.281. The van der Waals surface area contributed by atoms with Crippen LogP contribution in [-0.4, -0.2) is 29.4 Å². The number of aliphatic hydroxyl groups is 1. The summed E-state index contributed by atoms with van der Waals surface area (Å²) in [6, 6.07) is 1.85. The largest absolute Gasteiger partial charge is 0.392 e. The summed E-state index contributed by atoms with van der Waals surface area (Å²) in [5.41, 5.74) is 4.50. The van der Waals surface area contributed by atoms with Gasteiger partial charge in [0.25, 0.3) is 5.56 Å². The van der Waals surface area contributed by atoms with E-state index < -0.39 is 0 Å². The third kappa shape index (κ3) is 3.71. The van der Waals surface area contributed by atoms with Crippen molar-refractivity contribution in [3.63, 3.8) is 0 Å². The van der Waals surface area contributed by atoms with Crippen LogP contribution in [0.3, 0.4) is 0 Å². The maximum absolute atomic E-state index is 13.4. The standard InChI is InChI=1S/C23H27N5O3S/c1-12(2)10-28-22-20(21(30)27(5)23(28)31)19(16-6-15(11-29)8-24-9-16)18(32-22)7-17-13(3)25-26-14(17)4/h6,8-9,12,29H,7,10-11H2,1-5H3,(H,25,26). The normalized spacial score (nSPS) is 11.7. The van der Waals surface area contributed by atoms with Gasteiger partial charge in [-0.2, -0.15) is 5.10 Å². The SMILES string of the molecule is Cc1n[nH]c(C)c1Cc1sc2c(c1-c1cncc(CO)c1)c(=O)n(C)c(=O)n2CC(C)C. The second-order valence-electron chi connectivity index (χ2n) is 8.56. The smallest absolute Gasteiger partial charge is 0.331 e. The van der Waals surface area contributed by atoms with E-state index in [-0.39, 0.29) is 23.8 Å². The van der Waals surface area contributed by atoms with Gasteiger partial charge in [0, 0.05) is 59.7 Å². The Labute approximate surface area is 189 Å². The number of aryl methyl sites for hydroxylation is 2. The summed E-state index contributed by atoms with van der Waals surface area (Å²) in [5, 5.41) is 17.5. The lowest BCUT2D eigenvalue weighted by atomic mass is 9.99. The van der Waals surface area contributed by atoms with Crippen LogP contribution < -0.4 is 11.2 Å². The minimum absolute atomic E-state index is 0.145. The summed E-state index contributed by atoms with van der Waals surface area (Å²) in [6.07, 6.45) is 3.89. The zero-order valence-corrected chi connectivity index (χ0v) is 19.7. The van der Waals surface area contributed by atoms with Crippen molar-refractivity contribution in [1.29, 1.82) is 0 Å². The fourth-order valence-electron chi connectivity index (χ4n) is 4.04. The number of rotatable bonds is 6. The number of aromatic amines is 1. The summed E-state index contributed by atoms with van der Waals surface area (Å²) >= 11 is 1.47. The molecule has 0 aliphatic heterocycles. The average molecular weight is 454 g/mol. The van der Waals surface area contributed by atoms with E-state index >= 15 is 0 Å². The van der Waals surface area contributed by atoms with Gasteiger partial charge in [0.15, 0.2) is 0 Å². The van der Waals surface area contributed by atoms with E-state index in [1.54, 1.807) is 17.0 Å². The Balaban J connectivity index is 2.10. The summed E-state index contributed by atoms with van der Waals surface area (Å²) in [6.45, 7) is 8.39. The van der Waals surface area contributed by atoms with Crippen molar-refractivity contribution in [3.8, 4) is 11.1 Å². The summed E-state index contributed by atoms with van der Waals surface area (Å²) in [4.78, 5) is 32.3. The molecule has 0 aromatic carbocycles. The lowest BCUT2D eigenvalue weighted by Crippen LogP contribution is -2.38. The van der Waals surface area contributed by atoms with Crippen LogP contribution >= 0.6 is 11.3 Å². The zero-order valence-electron chi connectivity index (χ0n) is 18.9. The van der Waals surface area contributed by atoms with Crippen LogP contribution in [-0.2, 0) is 26.6 Å². The molecule has 168 valence electrons. The van der Waals surface area contributed by atoms with Crippen LogP contribution in [0.15, 0.2) is 28.0 Å². The molecule has 0 bridgehead atoms. The summed E-state index contributed by atoms with van der Waals surface area (Å²) < 4.78 is 2.89. The van der Waals surface area contributed by atoms with Crippen molar-refractivity contribution >= 4 is 21.6 Å². The van der Waals surface area contributed by atoms with E-state index in [0.29, 0.717) is 28.7 Å². The molecule has 4 rings (SSSR count). The molecular weight excluding hydrogens is 426 g/mol. The van der Waals surface area contributed by atoms with Gasteiger partial charge in [-0.1, -0.05) is 13.8 Å². The number of nitrogens with one attached hydrogen (secondary N) is 1. The first-order valence-corrected chi connectivity index (χ1v) is 11.3. The topological polar surface area (TPSA) is 106 Å². The number of hydrogen-bond acceptors (Lipinski definition) is 6. The second kappa shape index (κ2) is 8.48. The molecule has 9 heteroatoms. The van der Waals surface area contributed by atoms with E-state index in [0.717, 1.165) is 33.0 Å². The lowest BCUT2D eigenvalue weighted by Gasteiger charge is -2.12. The highest BCUT2D eigenvalue weighted by atomic mass is 32.1. The van der Waals surface area contributed by atoms with Crippen LogP contribution in [0.2, 0.25) is 0 Å². The Morgan fingerprint density at radius 1 is 1.22 bits per heavy atom. The highest BCUT2D eigenvalue weighted by molar-refractivity contribution is 7.19. The van der Waals surface area contributed by atoms with Gasteiger partial charge < -0.3 is 5.11 Å². The van der Waals surface area contributed by atoms with Crippen molar-refractivity contribution in [1.82, 2.24) is 24.3 Å². The van der Waals surface area contributed by atoms with Crippen LogP contribution in [0, 0.1) is 19.8 Å². The number of hydrogen-bond donors (Lipinski definition) is 2. The fraction of sp³-hybridized carbons (Fsp3) is 0.391. The van der Waals surface area contributed by atoms with Crippen LogP contribution in [0.25, 0.3) is 21.3 Å². The fourth-order valence-corrected chi connectivity index (χ4v) is 5.36. The summed E-state index contributed by atoms with van der Waals surface area (Å²) in [5.74, 6) is 0.236. The van der Waals surface area contributed by atoms with Crippen molar-refractivity contribution in [2.45, 2.75) is 47.3 Å². The van der Waals surface area contributed by atoms with E-state index in [1.165, 1.54) is 23.0 Å². The van der Waals surface area contributed by atoms with Crippen LogP contribution in [0.4, 0.5) is 0 Å². The molecule has 0 radical (unpaired) electrons. The van der Waals surface area contributed by atoms with Gasteiger partial charge in [0.1, 0.15) is 4.83 Å². The molecule has 4 heterocycles. The molecule has 32 heavy (non-hydrogen) atoms. The number of thiophene rings is 1. The first-order valence-electron chi connectivity index (χ1n) is 10.5. The molecule has 0 unspecified atom stereocenters. The number of aromatic nitrogens is 5. The van der Waals surface area contributed by atoms with E-state index in [9.17, 15) is 14.7 Å². The third-order valence-corrected chi connectivity index (χ3v) is 6.89. The Hall–Kier alpha value is -3.04. The molecule has 0 atom stereocenters. The number of nitrogens with zero attached hydrogens (tertiary/aromatic N) is 4. The molecule has 0 fully saturated rings. The maximum atomic E-state index is 13.4. The van der Waals surface area contributed by atoms with E-state index in [4.69, 9.17) is 0 Å². The molecule has 0 aliphatic carbocycles. The number of fused-ring (bicyclic) bond motifs is 1. The van der Waals surface area contributed by atoms with Crippen LogP contribution in [0.1, 0.15) is 41.2 Å². The van der Waals surface area contributed by atoms with E-state index in [2.05, 4.69) is 15.2 Å². The molecule has 0 amide bonds. The van der Waals surface area contributed by atoms with Gasteiger partial charge >= 0.3 is 5.69 Å². The first-order chi connectivity index (χ1) is 15.2. The van der Waals surface area contributed by atoms with Crippen molar-refractivity contribution < 1.29 is 5.11 Å². The van der Waals surface area contributed by atoms with Gasteiger partial charge in [0.2, 0.25) is 0 Å². The molecule has 4 aromatic heterocycles. The maximum Gasteiger partial charge on any atom is 0.331 e. The minimum atomic E-state index is -0.322. The van der Waals surface area contributed by atoms with E-state index in [1.807, 2.05) is 33.8 Å². The first kappa shape index (κ1) is 22.2. The molecule has 0 aliphatic rings. The molecule has 0 saturated carbocycles. The van der Waals surface area contributed by atoms with Gasteiger partial charge in [0.05, 0.1) is 17.7 Å². The molecular formula is C23H27N5O3S. The number of aliphatic hydroxyl groups excluding tert-OH is 1. The highest BCUT2D eigenvalue weighted by Gasteiger charge is 2.24. The quantitative estimate of drug-likeness (QED) is 0.467. The van der Waals surface area contributed by atoms with Gasteiger partial charge in [-0.05, 0) is 31.4 Å². The van der Waals surface area contributed by atoms with Crippen molar-refractivity contribution in [3.05, 3.63) is 66.7 Å². The van der Waals surface area contributed by atoms with Crippen LogP contribution in [0.5, 0.6) is 0 Å². The van der Waals surface area contributed by atoms with Gasteiger partial charge in [-0.15, -0.1) is 11.3 Å². The minimum Gasteiger partial charge on any atom is -0.392 e.